The molecule has 0 N–H and O–H groups in total. The van der Waals surface area contributed by atoms with E-state index < -0.39 is 0 Å². The number of nitriles is 1. The Morgan fingerprint density at radius 2 is 0.642 bits per heavy atom. The lowest BCUT2D eigenvalue weighted by molar-refractivity contribution is 1.05. The standard InChI is InChI=1S/C86H57N9/c1-5-21-59-60-22-7-14-29-73(60)90(72(59)6-2)55-36-40-69-70-43-39-58(93-78-34-19-12-27-65(78)66-28-13-20-35-79(66)93)49-83(70)95(82(69)46-55)85-50-71(86-88-52(3)44-53(4)89-86)54(51-87)45-84(85)94-80-47-56(91-74-30-15-8-23-61(74)62-24-9-16-31-75(62)91)37-41-67(80)68-42-38-57(48-81(68)94)92-76-32-17-10-25-63(76)64-26-11-18-33-77(64)92/h5-50H,2H2,1,3-4H3/b21-5-. The van der Waals surface area contributed by atoms with Gasteiger partial charge in [0, 0.05) is 105 Å². The molecule has 9 nitrogen and oxygen atoms in total. The monoisotopic (exact) mass is 1220 g/mol. The highest BCUT2D eigenvalue weighted by Crippen LogP contribution is 2.46. The van der Waals surface area contributed by atoms with E-state index in [0.29, 0.717) is 17.0 Å². The maximum Gasteiger partial charge on any atom is 0.161 e. The van der Waals surface area contributed by atoms with Crippen molar-refractivity contribution in [2.45, 2.75) is 20.8 Å². The van der Waals surface area contributed by atoms with Gasteiger partial charge in [0.1, 0.15) is 0 Å². The summed E-state index contributed by atoms with van der Waals surface area (Å²) in [6, 6.07) is 97.4. The summed E-state index contributed by atoms with van der Waals surface area (Å²) in [5.74, 6) is 0.481. The number of allylic oxidation sites excluding steroid dienone is 1. The van der Waals surface area contributed by atoms with Gasteiger partial charge in [-0.05, 0) is 136 Å². The van der Waals surface area contributed by atoms with Gasteiger partial charge in [0.15, 0.2) is 5.82 Å². The Kier molecular flexibility index (Phi) is 11.7. The molecule has 0 aliphatic carbocycles. The number of hydrogen-bond donors (Lipinski definition) is 0. The minimum Gasteiger partial charge on any atom is -0.309 e. The molecule has 0 radical (unpaired) electrons. The van der Waals surface area contributed by atoms with E-state index >= 15 is 0 Å². The molecule has 0 bridgehead atoms. The first-order valence-corrected chi connectivity index (χ1v) is 32.3. The number of rotatable bonds is 9. The van der Waals surface area contributed by atoms with Crippen LogP contribution in [0.5, 0.6) is 0 Å². The van der Waals surface area contributed by atoms with Gasteiger partial charge in [0.2, 0.25) is 0 Å². The topological polar surface area (TPSA) is 79.2 Å². The number of hydrogen-bond acceptors (Lipinski definition) is 3. The fourth-order valence-corrected chi connectivity index (χ4v) is 15.8. The molecular weight excluding hydrogens is 1160 g/mol. The van der Waals surface area contributed by atoms with Crippen LogP contribution in [0.3, 0.4) is 0 Å². The van der Waals surface area contributed by atoms with Gasteiger partial charge < -0.3 is 27.4 Å². The molecule has 0 spiro atoms. The van der Waals surface area contributed by atoms with E-state index in [2.05, 4.69) is 314 Å². The average Bonchev–Trinajstić information content (AvgIpc) is 1.57. The second-order valence-electron chi connectivity index (χ2n) is 24.9. The first-order chi connectivity index (χ1) is 46.8. The molecular formula is C86H57N9. The molecule has 446 valence electrons. The van der Waals surface area contributed by atoms with Crippen molar-refractivity contribution in [1.82, 2.24) is 37.4 Å². The lowest BCUT2D eigenvalue weighted by Gasteiger charge is -2.20. The third-order valence-electron chi connectivity index (χ3n) is 19.7. The molecule has 0 saturated carbocycles. The fourth-order valence-electron chi connectivity index (χ4n) is 15.8. The normalized spacial score (nSPS) is 12.1. The molecule has 12 aromatic carbocycles. The van der Waals surface area contributed by atoms with Gasteiger partial charge in [-0.3, -0.25) is 0 Å². The largest absolute Gasteiger partial charge is 0.309 e. The fraction of sp³-hybridized carbons (Fsp3) is 0.0349. The Balaban J connectivity index is 0.995. The minimum atomic E-state index is 0.444. The quantitative estimate of drug-likeness (QED) is 0.144. The molecule has 7 aromatic heterocycles. The number of para-hydroxylation sites is 7. The van der Waals surface area contributed by atoms with Crippen molar-refractivity contribution in [2.24, 2.45) is 0 Å². The van der Waals surface area contributed by atoms with Gasteiger partial charge in [0.05, 0.1) is 89.4 Å². The molecule has 7 heterocycles. The first-order valence-electron chi connectivity index (χ1n) is 32.3. The zero-order valence-electron chi connectivity index (χ0n) is 52.3. The summed E-state index contributed by atoms with van der Waals surface area (Å²) in [6.45, 7) is 10.5. The van der Waals surface area contributed by atoms with E-state index in [1.54, 1.807) is 0 Å². The summed E-state index contributed by atoms with van der Waals surface area (Å²) >= 11 is 0. The van der Waals surface area contributed by atoms with Crippen LogP contribution in [0.25, 0.3) is 178 Å². The maximum absolute atomic E-state index is 11.9. The zero-order chi connectivity index (χ0) is 63.3. The molecule has 19 rings (SSSR count). The van der Waals surface area contributed by atoms with E-state index in [0.717, 1.165) is 144 Å². The molecule has 0 atom stereocenters. The van der Waals surface area contributed by atoms with E-state index in [9.17, 15) is 5.26 Å². The lowest BCUT2D eigenvalue weighted by Crippen LogP contribution is -2.07. The van der Waals surface area contributed by atoms with Crippen molar-refractivity contribution in [3.63, 3.8) is 0 Å². The van der Waals surface area contributed by atoms with Gasteiger partial charge in [-0.25, -0.2) is 9.97 Å². The van der Waals surface area contributed by atoms with Gasteiger partial charge in [-0.15, -0.1) is 0 Å². The van der Waals surface area contributed by atoms with Gasteiger partial charge >= 0.3 is 0 Å². The van der Waals surface area contributed by atoms with Crippen LogP contribution in [0, 0.1) is 25.2 Å². The molecule has 0 aliphatic rings. The predicted molar refractivity (Wildman–Crippen MR) is 395 cm³/mol. The van der Waals surface area contributed by atoms with Crippen molar-refractivity contribution in [3.05, 3.63) is 302 Å². The SMILES string of the molecule is C=Cc1c(/C=C\C)c2ccccc2n1-c1ccc2c3ccc(-n4c5ccccc5c5ccccc54)cc3n(-c3cc(-c4nc(C)cc(C)n4)c(C#N)cc3-n3c4cc(-n5c6ccccc6c6ccccc65)ccc4c4ccc(-n5c6ccccc6c6ccccc65)cc43)c2c1. The Bertz CT molecular complexity index is 6260. The van der Waals surface area contributed by atoms with Crippen LogP contribution in [0.4, 0.5) is 0 Å². The van der Waals surface area contributed by atoms with Crippen LogP contribution in [0.2, 0.25) is 0 Å². The van der Waals surface area contributed by atoms with Gasteiger partial charge in [-0.2, -0.15) is 5.26 Å². The van der Waals surface area contributed by atoms with Crippen LogP contribution in [-0.4, -0.2) is 37.4 Å². The predicted octanol–water partition coefficient (Wildman–Crippen LogP) is 21.7. The number of nitrogens with zero attached hydrogens (tertiary/aromatic N) is 9. The first kappa shape index (κ1) is 54.0. The number of fused-ring (bicyclic) bond motifs is 16. The van der Waals surface area contributed by atoms with Crippen LogP contribution in [0.1, 0.15) is 35.1 Å². The molecule has 0 fully saturated rings. The Hall–Kier alpha value is -12.8. The molecule has 0 amide bonds. The van der Waals surface area contributed by atoms with Crippen molar-refractivity contribution in [3.8, 4) is 51.6 Å². The van der Waals surface area contributed by atoms with Gasteiger partial charge in [-0.1, -0.05) is 170 Å². The Morgan fingerprint density at radius 1 is 0.337 bits per heavy atom. The zero-order valence-corrected chi connectivity index (χ0v) is 52.3. The highest BCUT2D eigenvalue weighted by Gasteiger charge is 2.27. The summed E-state index contributed by atoms with van der Waals surface area (Å²) in [7, 11) is 0. The lowest BCUT2D eigenvalue weighted by atomic mass is 10.0. The Morgan fingerprint density at radius 3 is 0.979 bits per heavy atom. The van der Waals surface area contributed by atoms with E-state index in [-0.39, 0.29) is 0 Å². The maximum atomic E-state index is 11.9. The highest BCUT2D eigenvalue weighted by molar-refractivity contribution is 6.16. The average molecular weight is 1220 g/mol. The molecule has 0 aliphatic heterocycles. The van der Waals surface area contributed by atoms with Crippen LogP contribution in [0.15, 0.2) is 274 Å². The third kappa shape index (κ3) is 7.83. The van der Waals surface area contributed by atoms with E-state index in [1.165, 1.54) is 32.3 Å². The summed E-state index contributed by atoms with van der Waals surface area (Å²) in [6.07, 6.45) is 6.27. The third-order valence-corrected chi connectivity index (χ3v) is 19.7. The minimum absolute atomic E-state index is 0.444. The highest BCUT2D eigenvalue weighted by atomic mass is 15.1. The number of aryl methyl sites for hydroxylation is 2. The summed E-state index contributed by atoms with van der Waals surface area (Å²) < 4.78 is 14.4. The number of benzene rings is 12. The van der Waals surface area contributed by atoms with Crippen molar-refractivity contribution >= 4 is 132 Å². The van der Waals surface area contributed by atoms with Gasteiger partial charge in [0.25, 0.3) is 0 Å². The molecule has 19 aromatic rings. The smallest absolute Gasteiger partial charge is 0.161 e. The van der Waals surface area contributed by atoms with Crippen molar-refractivity contribution in [1.29, 1.82) is 5.26 Å². The molecule has 95 heavy (non-hydrogen) atoms. The second-order valence-corrected chi connectivity index (χ2v) is 24.9. The van der Waals surface area contributed by atoms with E-state index in [4.69, 9.17) is 9.97 Å². The summed E-state index contributed by atoms with van der Waals surface area (Å²) in [5.41, 5.74) is 22.1. The molecule has 0 saturated heterocycles. The summed E-state index contributed by atoms with van der Waals surface area (Å²) in [4.78, 5) is 10.3. The van der Waals surface area contributed by atoms with E-state index in [1.807, 2.05) is 26.0 Å². The summed E-state index contributed by atoms with van der Waals surface area (Å²) in [5, 5.41) is 24.4. The van der Waals surface area contributed by atoms with Crippen LogP contribution < -0.4 is 0 Å². The number of aromatic nitrogens is 8. The molecule has 9 heteroatoms. The second kappa shape index (κ2) is 20.6. The van der Waals surface area contributed by atoms with Crippen molar-refractivity contribution < 1.29 is 0 Å². The van der Waals surface area contributed by atoms with Crippen LogP contribution in [-0.2, 0) is 0 Å². The van der Waals surface area contributed by atoms with Crippen LogP contribution >= 0.6 is 0 Å². The molecule has 0 unspecified atom stereocenters. The Labute approximate surface area is 545 Å². The van der Waals surface area contributed by atoms with Crippen molar-refractivity contribution in [2.75, 3.05) is 0 Å².